The van der Waals surface area contributed by atoms with Gasteiger partial charge >= 0.3 is 0 Å². The van der Waals surface area contributed by atoms with Crippen LogP contribution in [0.5, 0.6) is 0 Å². The predicted molar refractivity (Wildman–Crippen MR) is 107 cm³/mol. The Balaban J connectivity index is 0.000000537. The number of anilines is 2. The highest BCUT2D eigenvalue weighted by Crippen LogP contribution is 2.24. The summed E-state index contributed by atoms with van der Waals surface area (Å²) in [6.45, 7) is 2.68. The Kier molecular flexibility index (Phi) is 7.89. The zero-order chi connectivity index (χ0) is 21.6. The highest BCUT2D eigenvalue weighted by Gasteiger charge is 2.16. The fourth-order valence-electron chi connectivity index (χ4n) is 2.54. The van der Waals surface area contributed by atoms with Gasteiger partial charge in [-0.25, -0.2) is 18.6 Å². The molecule has 2 aromatic carbocycles. The van der Waals surface area contributed by atoms with Gasteiger partial charge in [-0.1, -0.05) is 29.5 Å². The van der Waals surface area contributed by atoms with E-state index < -0.39 is 10.2 Å². The maximum Gasteiger partial charge on any atom is 0.236 e. The number of hydrogen-bond acceptors (Lipinski definition) is 6. The molecule has 0 fully saturated rings. The molecule has 152 valence electrons. The zero-order valence-electron chi connectivity index (χ0n) is 15.6. The molecule has 0 saturated carbocycles. The van der Waals surface area contributed by atoms with Gasteiger partial charge in [0.25, 0.3) is 0 Å². The van der Waals surface area contributed by atoms with Crippen LogP contribution in [0, 0.1) is 29.5 Å². The van der Waals surface area contributed by atoms with Gasteiger partial charge in [-0.15, -0.1) is 16.7 Å². The minimum atomic E-state index is -4.94. The first-order valence-electron chi connectivity index (χ1n) is 8.18. The van der Waals surface area contributed by atoms with Crippen LogP contribution in [0.1, 0.15) is 5.01 Å². The van der Waals surface area contributed by atoms with E-state index in [9.17, 15) is 0 Å². The van der Waals surface area contributed by atoms with Crippen LogP contribution in [0.15, 0.2) is 48.5 Å². The number of benzene rings is 2. The van der Waals surface area contributed by atoms with Crippen LogP contribution in [0.25, 0.3) is 10.2 Å². The van der Waals surface area contributed by atoms with Crippen LogP contribution in [-0.2, 0) is 6.54 Å². The molecule has 7 nitrogen and oxygen atoms in total. The van der Waals surface area contributed by atoms with E-state index in [1.165, 1.54) is 9.71 Å². The van der Waals surface area contributed by atoms with Crippen LogP contribution in [0.3, 0.4) is 0 Å². The van der Waals surface area contributed by atoms with E-state index >= 15 is 0 Å². The standard InChI is InChI=1S/C19H17N3S2.ClHO4/c1-4-12-22-14(2)24-18-13-15(10-11-17(18)22)20-19(23)21(3)16-8-6-5-7-9-16;2-1(3,4)5/h1,5-11,13H,12H2,2-3H3;(H,2,3,4,5). The van der Waals surface area contributed by atoms with Crippen molar-refractivity contribution >= 4 is 50.3 Å². The second-order valence-electron chi connectivity index (χ2n) is 5.80. The number of rotatable bonds is 3. The summed E-state index contributed by atoms with van der Waals surface area (Å²) >= 11 is 7.26. The fourth-order valence-corrected chi connectivity index (χ4v) is 3.83. The lowest BCUT2D eigenvalue weighted by Crippen LogP contribution is -2.68. The third kappa shape index (κ3) is 6.92. The summed E-state index contributed by atoms with van der Waals surface area (Å²) in [6, 6.07) is 16.3. The Morgan fingerprint density at radius 3 is 2.41 bits per heavy atom. The van der Waals surface area contributed by atoms with Crippen molar-refractivity contribution in [3.63, 3.8) is 0 Å². The molecular formula is C19H18ClN3O4S2. The molecule has 0 amide bonds. The molecule has 0 aliphatic carbocycles. The van der Waals surface area contributed by atoms with Crippen LogP contribution in [0.2, 0.25) is 0 Å². The summed E-state index contributed by atoms with van der Waals surface area (Å²) in [4.78, 5) is 1.96. The molecule has 0 atom stereocenters. The molecule has 10 heteroatoms. The van der Waals surface area contributed by atoms with Gasteiger partial charge in [0.15, 0.2) is 5.11 Å². The number of nitrogens with zero attached hydrogens (tertiary/aromatic N) is 2. The lowest BCUT2D eigenvalue weighted by Gasteiger charge is -2.21. The average molecular weight is 452 g/mol. The van der Waals surface area contributed by atoms with E-state index in [4.69, 9.17) is 37.3 Å². The topological polar surface area (TPSA) is 111 Å². The minimum Gasteiger partial charge on any atom is -0.332 e. The molecule has 3 rings (SSSR count). The molecule has 0 bridgehead atoms. The summed E-state index contributed by atoms with van der Waals surface area (Å²) in [5.41, 5.74) is 3.18. The van der Waals surface area contributed by atoms with Gasteiger partial charge < -0.3 is 10.2 Å². The van der Waals surface area contributed by atoms with E-state index in [0.717, 1.165) is 16.9 Å². The van der Waals surface area contributed by atoms with Crippen molar-refractivity contribution in [1.29, 1.82) is 0 Å². The zero-order valence-corrected chi connectivity index (χ0v) is 18.0. The molecule has 0 aliphatic heterocycles. The molecular weight excluding hydrogens is 434 g/mol. The van der Waals surface area contributed by atoms with Gasteiger partial charge in [-0.05, 0) is 42.4 Å². The van der Waals surface area contributed by atoms with E-state index in [2.05, 4.69) is 34.9 Å². The molecule has 3 aromatic rings. The lowest BCUT2D eigenvalue weighted by molar-refractivity contribution is -2.00. The van der Waals surface area contributed by atoms with Crippen LogP contribution < -0.4 is 33.4 Å². The van der Waals surface area contributed by atoms with Crippen molar-refractivity contribution in [1.82, 2.24) is 0 Å². The van der Waals surface area contributed by atoms with Crippen molar-refractivity contribution in [2.75, 3.05) is 17.3 Å². The van der Waals surface area contributed by atoms with E-state index in [-0.39, 0.29) is 0 Å². The van der Waals surface area contributed by atoms with Crippen molar-refractivity contribution in [2.24, 2.45) is 0 Å². The van der Waals surface area contributed by atoms with Crippen molar-refractivity contribution in [3.8, 4) is 12.3 Å². The van der Waals surface area contributed by atoms with Gasteiger partial charge in [0.1, 0.15) is 4.70 Å². The molecule has 1 N–H and O–H groups in total. The summed E-state index contributed by atoms with van der Waals surface area (Å²) in [5, 5.41) is 5.16. The first-order valence-corrected chi connectivity index (χ1v) is 10.6. The maximum atomic E-state index is 8.49. The number of para-hydroxylation sites is 1. The average Bonchev–Trinajstić information content (AvgIpc) is 2.95. The number of aryl methyl sites for hydroxylation is 1. The van der Waals surface area contributed by atoms with Gasteiger partial charge in [-0.3, -0.25) is 0 Å². The summed E-state index contributed by atoms with van der Waals surface area (Å²) in [7, 11) is -2.99. The van der Waals surface area contributed by atoms with Crippen LogP contribution in [0.4, 0.5) is 11.4 Å². The third-order valence-electron chi connectivity index (χ3n) is 3.84. The van der Waals surface area contributed by atoms with Crippen molar-refractivity contribution in [3.05, 3.63) is 53.5 Å². The van der Waals surface area contributed by atoms with Gasteiger partial charge in [0.2, 0.25) is 17.1 Å². The number of thiazole rings is 1. The normalized spacial score (nSPS) is 10.7. The lowest BCUT2D eigenvalue weighted by atomic mass is 10.3. The monoisotopic (exact) mass is 451 g/mol. The molecule has 0 aliphatic rings. The summed E-state index contributed by atoms with van der Waals surface area (Å²) in [5.74, 6) is 2.71. The SMILES string of the molecule is C#CC[n+]1c(C)sc2cc(NC(=S)N(C)c3ccccc3)ccc21.[O-][Cl+3]([O-])([O-])[O-]. The largest absolute Gasteiger partial charge is 0.332 e. The first-order chi connectivity index (χ1) is 13.6. The summed E-state index contributed by atoms with van der Waals surface area (Å²) in [6.07, 6.45) is 5.46. The van der Waals surface area contributed by atoms with Crippen molar-refractivity contribution < 1.29 is 33.4 Å². The summed E-state index contributed by atoms with van der Waals surface area (Å²) < 4.78 is 37.3. The van der Waals surface area contributed by atoms with E-state index in [1.807, 2.05) is 48.3 Å². The van der Waals surface area contributed by atoms with E-state index in [0.29, 0.717) is 11.7 Å². The second-order valence-corrected chi connectivity index (χ2v) is 8.17. The Morgan fingerprint density at radius 2 is 1.83 bits per heavy atom. The number of hydrogen-bond donors (Lipinski definition) is 1. The molecule has 0 spiro atoms. The highest BCUT2D eigenvalue weighted by atomic mass is 35.7. The number of halogens is 1. The smallest absolute Gasteiger partial charge is 0.236 e. The fraction of sp³-hybridized carbons (Fsp3) is 0.158. The maximum absolute atomic E-state index is 8.49. The number of aromatic nitrogens is 1. The van der Waals surface area contributed by atoms with E-state index in [1.54, 1.807) is 11.3 Å². The number of fused-ring (bicyclic) bond motifs is 1. The Labute approximate surface area is 180 Å². The third-order valence-corrected chi connectivity index (χ3v) is 5.28. The second kappa shape index (κ2) is 9.96. The Bertz CT molecular complexity index is 1020. The molecule has 29 heavy (non-hydrogen) atoms. The van der Waals surface area contributed by atoms with Gasteiger partial charge in [0, 0.05) is 31.4 Å². The molecule has 1 aromatic heterocycles. The molecule has 1 heterocycles. The van der Waals surface area contributed by atoms with Gasteiger partial charge in [-0.2, -0.15) is 4.57 Å². The molecule has 0 unspecified atom stereocenters. The number of nitrogens with one attached hydrogen (secondary N) is 1. The van der Waals surface area contributed by atoms with Crippen LogP contribution in [-0.4, -0.2) is 12.2 Å². The highest BCUT2D eigenvalue weighted by molar-refractivity contribution is 7.80. The van der Waals surface area contributed by atoms with Crippen LogP contribution >= 0.6 is 23.6 Å². The number of terminal acetylenes is 1. The van der Waals surface area contributed by atoms with Crippen molar-refractivity contribution in [2.45, 2.75) is 13.5 Å². The minimum absolute atomic E-state index is 0.591. The van der Waals surface area contributed by atoms with Gasteiger partial charge in [0.05, 0.1) is 0 Å². The Morgan fingerprint density at radius 1 is 1.21 bits per heavy atom. The first kappa shape index (κ1) is 23.0. The molecule has 0 radical (unpaired) electrons. The predicted octanol–water partition coefficient (Wildman–Crippen LogP) is -0.792. The Hall–Kier alpha value is -2.29. The molecule has 0 saturated heterocycles. The quantitative estimate of drug-likeness (QED) is 0.315. The number of thiocarbonyl (C=S) groups is 1.